The summed E-state index contributed by atoms with van der Waals surface area (Å²) < 4.78 is 5.95. The van der Waals surface area contributed by atoms with Gasteiger partial charge >= 0.3 is 0 Å². The predicted octanol–water partition coefficient (Wildman–Crippen LogP) is 3.23. The molecule has 0 saturated heterocycles. The van der Waals surface area contributed by atoms with Gasteiger partial charge in [0.2, 0.25) is 5.13 Å². The Morgan fingerprint density at radius 2 is 2.35 bits per heavy atom. The molecular formula is C11H8N4O2S3. The van der Waals surface area contributed by atoms with Crippen LogP contribution in [0.5, 0.6) is 0 Å². The van der Waals surface area contributed by atoms with Crippen LogP contribution in [-0.2, 0) is 0 Å². The molecular weight excluding hydrogens is 316 g/mol. The number of thiophene rings is 1. The third kappa shape index (κ3) is 2.74. The van der Waals surface area contributed by atoms with Crippen LogP contribution in [0.25, 0.3) is 10.6 Å². The lowest BCUT2D eigenvalue weighted by Gasteiger charge is -1.94. The second kappa shape index (κ2) is 5.73. The van der Waals surface area contributed by atoms with Crippen LogP contribution < -0.4 is 5.32 Å². The molecule has 3 aromatic heterocycles. The van der Waals surface area contributed by atoms with Gasteiger partial charge in [-0.15, -0.1) is 21.5 Å². The summed E-state index contributed by atoms with van der Waals surface area (Å²) in [7, 11) is 0. The molecule has 9 heteroatoms. The number of thioether (sulfide) groups is 1. The lowest BCUT2D eigenvalue weighted by atomic mass is 10.3. The van der Waals surface area contributed by atoms with E-state index >= 15 is 0 Å². The Morgan fingerprint density at radius 1 is 1.45 bits per heavy atom. The van der Waals surface area contributed by atoms with Crippen molar-refractivity contribution in [3.63, 3.8) is 0 Å². The molecule has 0 radical (unpaired) electrons. The van der Waals surface area contributed by atoms with E-state index in [0.29, 0.717) is 10.9 Å². The molecule has 0 atom stereocenters. The second-order valence-corrected chi connectivity index (χ2v) is 6.56. The molecule has 3 heterocycles. The minimum atomic E-state index is -0.361. The van der Waals surface area contributed by atoms with Crippen LogP contribution in [0.15, 0.2) is 32.4 Å². The molecule has 0 saturated carbocycles. The molecule has 0 spiro atoms. The fraction of sp³-hybridized carbons (Fsp3) is 0.0909. The third-order valence-corrected chi connectivity index (χ3v) is 5.01. The molecule has 20 heavy (non-hydrogen) atoms. The average molecular weight is 324 g/mol. The summed E-state index contributed by atoms with van der Waals surface area (Å²) in [6, 6.07) is 5.42. The SMILES string of the molecule is CSc1nnc(NC(=O)c2cc(-c3cccs3)on2)s1. The van der Waals surface area contributed by atoms with Crippen molar-refractivity contribution in [3.8, 4) is 10.6 Å². The second-order valence-electron chi connectivity index (χ2n) is 3.59. The highest BCUT2D eigenvalue weighted by Crippen LogP contribution is 2.26. The van der Waals surface area contributed by atoms with Gasteiger partial charge in [-0.2, -0.15) is 0 Å². The quantitative estimate of drug-likeness (QED) is 0.586. The van der Waals surface area contributed by atoms with Gasteiger partial charge in [-0.05, 0) is 17.7 Å². The zero-order chi connectivity index (χ0) is 13.9. The van der Waals surface area contributed by atoms with Crippen LogP contribution in [-0.4, -0.2) is 27.5 Å². The summed E-state index contributed by atoms with van der Waals surface area (Å²) in [5.41, 5.74) is 0.217. The molecule has 0 aliphatic rings. The standard InChI is InChI=1S/C11H8N4O2S3/c1-18-11-14-13-10(20-11)12-9(16)6-5-7(17-15-6)8-3-2-4-19-8/h2-5H,1H3,(H,12,13,16). The topological polar surface area (TPSA) is 80.9 Å². The first-order valence-electron chi connectivity index (χ1n) is 5.45. The summed E-state index contributed by atoms with van der Waals surface area (Å²) in [6.45, 7) is 0. The van der Waals surface area contributed by atoms with E-state index in [1.807, 2.05) is 23.8 Å². The maximum absolute atomic E-state index is 12.0. The Bertz CT molecular complexity index is 720. The first-order valence-corrected chi connectivity index (χ1v) is 8.38. The molecule has 1 amide bonds. The first-order chi connectivity index (χ1) is 9.76. The van der Waals surface area contributed by atoms with Crippen molar-refractivity contribution in [1.29, 1.82) is 0 Å². The number of nitrogens with one attached hydrogen (secondary N) is 1. The van der Waals surface area contributed by atoms with Crippen LogP contribution in [0, 0.1) is 0 Å². The number of rotatable bonds is 4. The normalized spacial score (nSPS) is 10.7. The van der Waals surface area contributed by atoms with Gasteiger partial charge in [-0.3, -0.25) is 10.1 Å². The molecule has 6 nitrogen and oxygen atoms in total. The van der Waals surface area contributed by atoms with Gasteiger partial charge in [0, 0.05) is 6.07 Å². The van der Waals surface area contributed by atoms with E-state index in [1.54, 1.807) is 6.07 Å². The largest absolute Gasteiger partial charge is 0.355 e. The van der Waals surface area contributed by atoms with Gasteiger partial charge in [0.15, 0.2) is 15.8 Å². The van der Waals surface area contributed by atoms with Gasteiger partial charge in [-0.1, -0.05) is 34.3 Å². The summed E-state index contributed by atoms with van der Waals surface area (Å²) in [5, 5.41) is 16.6. The maximum atomic E-state index is 12.0. The number of aromatic nitrogens is 3. The van der Waals surface area contributed by atoms with Gasteiger partial charge in [0.25, 0.3) is 5.91 Å². The number of nitrogens with zero attached hydrogens (tertiary/aromatic N) is 3. The third-order valence-electron chi connectivity index (χ3n) is 2.31. The monoisotopic (exact) mass is 324 g/mol. The van der Waals surface area contributed by atoms with E-state index in [9.17, 15) is 4.79 Å². The molecule has 3 rings (SSSR count). The zero-order valence-corrected chi connectivity index (χ0v) is 12.6. The van der Waals surface area contributed by atoms with Crippen LogP contribution >= 0.6 is 34.4 Å². The highest BCUT2D eigenvalue weighted by Gasteiger charge is 2.16. The van der Waals surface area contributed by atoms with Crippen molar-refractivity contribution >= 4 is 45.5 Å². The Hall–Kier alpha value is -1.71. The summed E-state index contributed by atoms with van der Waals surface area (Å²) in [5.74, 6) is 0.215. The molecule has 0 fully saturated rings. The fourth-order valence-corrected chi connectivity index (χ4v) is 3.26. The summed E-state index contributed by atoms with van der Waals surface area (Å²) >= 11 is 4.31. The van der Waals surface area contributed by atoms with E-state index in [2.05, 4.69) is 20.7 Å². The van der Waals surface area contributed by atoms with E-state index in [4.69, 9.17) is 4.52 Å². The van der Waals surface area contributed by atoms with Gasteiger partial charge in [0.05, 0.1) is 4.88 Å². The number of hydrogen-bond donors (Lipinski definition) is 1. The number of hydrogen-bond acceptors (Lipinski definition) is 8. The zero-order valence-electron chi connectivity index (χ0n) is 10.2. The van der Waals surface area contributed by atoms with Crippen molar-refractivity contribution in [2.75, 3.05) is 11.6 Å². The Kier molecular flexibility index (Phi) is 3.81. The van der Waals surface area contributed by atoms with E-state index < -0.39 is 0 Å². The highest BCUT2D eigenvalue weighted by atomic mass is 32.2. The Morgan fingerprint density at radius 3 is 3.05 bits per heavy atom. The Balaban J connectivity index is 1.74. The fourth-order valence-electron chi connectivity index (χ4n) is 1.42. The molecule has 0 unspecified atom stereocenters. The van der Waals surface area contributed by atoms with Crippen LogP contribution in [0.1, 0.15) is 10.5 Å². The van der Waals surface area contributed by atoms with Crippen molar-refractivity contribution in [3.05, 3.63) is 29.3 Å². The molecule has 0 aliphatic carbocycles. The molecule has 3 aromatic rings. The lowest BCUT2D eigenvalue weighted by Crippen LogP contribution is -2.11. The predicted molar refractivity (Wildman–Crippen MR) is 79.5 cm³/mol. The summed E-state index contributed by atoms with van der Waals surface area (Å²) in [6.07, 6.45) is 1.90. The van der Waals surface area contributed by atoms with Crippen LogP contribution in [0.4, 0.5) is 5.13 Å². The first kappa shape index (κ1) is 13.3. The number of carbonyl (C=O) groups is 1. The van der Waals surface area contributed by atoms with Crippen LogP contribution in [0.2, 0.25) is 0 Å². The van der Waals surface area contributed by atoms with Crippen molar-refractivity contribution in [2.24, 2.45) is 0 Å². The van der Waals surface area contributed by atoms with E-state index in [0.717, 1.165) is 9.22 Å². The number of amides is 1. The number of carbonyl (C=O) groups excluding carboxylic acids is 1. The molecule has 102 valence electrons. The van der Waals surface area contributed by atoms with Gasteiger partial charge in [-0.25, -0.2) is 0 Å². The molecule has 0 aliphatic heterocycles. The highest BCUT2D eigenvalue weighted by molar-refractivity contribution is 8.00. The van der Waals surface area contributed by atoms with Crippen molar-refractivity contribution in [1.82, 2.24) is 15.4 Å². The van der Waals surface area contributed by atoms with Crippen LogP contribution in [0.3, 0.4) is 0 Å². The minimum Gasteiger partial charge on any atom is -0.355 e. The molecule has 0 aromatic carbocycles. The average Bonchev–Trinajstić information content (AvgIpc) is 3.19. The summed E-state index contributed by atoms with van der Waals surface area (Å²) in [4.78, 5) is 12.9. The van der Waals surface area contributed by atoms with Gasteiger partial charge < -0.3 is 4.52 Å². The maximum Gasteiger partial charge on any atom is 0.279 e. The molecule has 1 N–H and O–H groups in total. The smallest absolute Gasteiger partial charge is 0.279 e. The lowest BCUT2D eigenvalue weighted by molar-refractivity contribution is 0.101. The van der Waals surface area contributed by atoms with Crippen molar-refractivity contribution in [2.45, 2.75) is 4.34 Å². The van der Waals surface area contributed by atoms with E-state index in [1.165, 1.54) is 34.4 Å². The van der Waals surface area contributed by atoms with E-state index in [-0.39, 0.29) is 11.6 Å². The number of anilines is 1. The van der Waals surface area contributed by atoms with Gasteiger partial charge in [0.1, 0.15) is 0 Å². The van der Waals surface area contributed by atoms with Crippen molar-refractivity contribution < 1.29 is 9.32 Å². The molecule has 0 bridgehead atoms. The minimum absolute atomic E-state index is 0.217. The Labute approximate surface area is 126 Å².